The van der Waals surface area contributed by atoms with E-state index >= 15 is 8.78 Å². The van der Waals surface area contributed by atoms with Crippen LogP contribution >= 0.6 is 0 Å². The average molecular weight is 592 g/mol. The summed E-state index contributed by atoms with van der Waals surface area (Å²) in [6.45, 7) is 5.71. The zero-order valence-corrected chi connectivity index (χ0v) is 24.4. The third-order valence-corrected chi connectivity index (χ3v) is 11.2. The highest BCUT2D eigenvalue weighted by Gasteiger charge is 2.76. The van der Waals surface area contributed by atoms with Crippen LogP contribution in [0.15, 0.2) is 23.8 Å². The molecule has 1 aliphatic heterocycles. The molecule has 3 saturated carbocycles. The minimum Gasteiger partial charge on any atom is -0.458 e. The van der Waals surface area contributed by atoms with Gasteiger partial charge in [0.05, 0.1) is 6.10 Å². The maximum absolute atomic E-state index is 17.3. The lowest BCUT2D eigenvalue weighted by Crippen LogP contribution is -2.70. The number of ketones is 2. The minimum atomic E-state index is -2.33. The molecule has 230 valence electrons. The first-order valence-electron chi connectivity index (χ1n) is 14.7. The van der Waals surface area contributed by atoms with E-state index in [-0.39, 0.29) is 62.5 Å². The highest BCUT2D eigenvalue weighted by Crippen LogP contribution is 2.71. The molecule has 10 atom stereocenters. The molecule has 0 radical (unpaired) electrons. The summed E-state index contributed by atoms with van der Waals surface area (Å²) in [5.74, 6) is -5.37. The van der Waals surface area contributed by atoms with E-state index in [2.05, 4.69) is 0 Å². The van der Waals surface area contributed by atoms with Crippen LogP contribution < -0.4 is 0 Å². The number of fused-ring (bicyclic) bond motifs is 5. The summed E-state index contributed by atoms with van der Waals surface area (Å²) in [7, 11) is 0. The van der Waals surface area contributed by atoms with E-state index in [0.717, 1.165) is 11.0 Å². The first-order chi connectivity index (χ1) is 19.5. The van der Waals surface area contributed by atoms with Crippen LogP contribution in [0.3, 0.4) is 0 Å². The monoisotopic (exact) mass is 591 g/mol. The summed E-state index contributed by atoms with van der Waals surface area (Å²) in [5.41, 5.74) is -7.33. The molecule has 4 fully saturated rings. The average Bonchev–Trinajstić information content (AvgIpc) is 3.29. The normalized spacial score (nSPS) is 44.4. The van der Waals surface area contributed by atoms with Gasteiger partial charge in [-0.3, -0.25) is 28.9 Å². The van der Waals surface area contributed by atoms with E-state index in [0.29, 0.717) is 0 Å². The van der Waals surface area contributed by atoms with Crippen LogP contribution in [-0.2, 0) is 28.7 Å². The Hall–Kier alpha value is -2.79. The van der Waals surface area contributed by atoms with E-state index in [1.807, 2.05) is 0 Å². The van der Waals surface area contributed by atoms with Crippen molar-refractivity contribution in [2.45, 2.75) is 89.8 Å². The molecule has 1 saturated heterocycles. The summed E-state index contributed by atoms with van der Waals surface area (Å²) < 4.78 is 38.0. The van der Waals surface area contributed by atoms with Crippen LogP contribution in [0.5, 0.6) is 0 Å². The van der Waals surface area contributed by atoms with Gasteiger partial charge in [0.1, 0.15) is 11.8 Å². The largest absolute Gasteiger partial charge is 0.458 e. The highest BCUT2D eigenvalue weighted by atomic mass is 19.1. The van der Waals surface area contributed by atoms with Crippen LogP contribution in [0.1, 0.15) is 66.2 Å². The number of aliphatic hydroxyl groups is 2. The first-order valence-corrected chi connectivity index (χ1v) is 14.7. The van der Waals surface area contributed by atoms with E-state index in [1.54, 1.807) is 20.8 Å². The minimum absolute atomic E-state index is 0.00586. The van der Waals surface area contributed by atoms with E-state index in [4.69, 9.17) is 4.74 Å². The van der Waals surface area contributed by atoms with Crippen molar-refractivity contribution in [3.05, 3.63) is 23.8 Å². The smallest absolute Gasteiger partial charge is 0.306 e. The van der Waals surface area contributed by atoms with Crippen LogP contribution in [0.25, 0.3) is 0 Å². The number of allylic oxidation sites excluding steroid dienone is 4. The molecule has 5 aliphatic rings. The third kappa shape index (κ3) is 4.09. The zero-order valence-electron chi connectivity index (χ0n) is 24.4. The number of esters is 1. The molecule has 9 nitrogen and oxygen atoms in total. The Kier molecular flexibility index (Phi) is 7.41. The molecule has 0 spiro atoms. The molecule has 0 aromatic heterocycles. The number of ether oxygens (including phenoxy) is 1. The van der Waals surface area contributed by atoms with Gasteiger partial charge in [-0.2, -0.15) is 0 Å². The Balaban J connectivity index is 1.30. The predicted octanol–water partition coefficient (Wildman–Crippen LogP) is 2.57. The molecule has 42 heavy (non-hydrogen) atoms. The molecule has 2 N–H and O–H groups in total. The predicted molar refractivity (Wildman–Crippen MR) is 144 cm³/mol. The van der Waals surface area contributed by atoms with Crippen LogP contribution in [0.4, 0.5) is 8.78 Å². The summed E-state index contributed by atoms with van der Waals surface area (Å²) in [4.78, 5) is 63.1. The number of hydrogen-bond donors (Lipinski definition) is 2. The Morgan fingerprint density at radius 3 is 2.48 bits per heavy atom. The van der Waals surface area contributed by atoms with Crippen molar-refractivity contribution in [2.24, 2.45) is 34.5 Å². The molecule has 11 heteroatoms. The van der Waals surface area contributed by atoms with Gasteiger partial charge in [-0.15, -0.1) is 0 Å². The first kappa shape index (κ1) is 30.7. The Morgan fingerprint density at radius 2 is 1.83 bits per heavy atom. The second kappa shape index (κ2) is 10.1. The Labute approximate surface area is 243 Å². The number of aliphatic hydroxyl groups excluding tert-OH is 1. The molecule has 4 aliphatic carbocycles. The van der Waals surface area contributed by atoms with Crippen LogP contribution in [0.2, 0.25) is 0 Å². The highest BCUT2D eigenvalue weighted by molar-refractivity contribution is 6.03. The number of alkyl halides is 2. The molecule has 0 aromatic carbocycles. The Morgan fingerprint density at radius 1 is 1.14 bits per heavy atom. The molecule has 0 aromatic rings. The van der Waals surface area contributed by atoms with E-state index < -0.39 is 82.2 Å². The van der Waals surface area contributed by atoms with E-state index in [1.165, 1.54) is 19.1 Å². The van der Waals surface area contributed by atoms with E-state index in [9.17, 15) is 34.2 Å². The van der Waals surface area contributed by atoms with Crippen molar-refractivity contribution in [2.75, 3.05) is 13.2 Å². The van der Waals surface area contributed by atoms with Gasteiger partial charge in [0, 0.05) is 42.1 Å². The van der Waals surface area contributed by atoms with Gasteiger partial charge in [-0.25, -0.2) is 8.78 Å². The third-order valence-electron chi connectivity index (χ3n) is 11.2. The van der Waals surface area contributed by atoms with Gasteiger partial charge in [0.15, 0.2) is 18.1 Å². The lowest BCUT2D eigenvalue weighted by Gasteiger charge is -2.63. The molecule has 1 unspecified atom stereocenters. The van der Waals surface area contributed by atoms with Crippen LogP contribution in [0, 0.1) is 34.5 Å². The van der Waals surface area contributed by atoms with Gasteiger partial charge in [-0.1, -0.05) is 26.8 Å². The van der Waals surface area contributed by atoms with Crippen molar-refractivity contribution in [3.63, 3.8) is 0 Å². The maximum Gasteiger partial charge on any atom is 0.306 e. The number of rotatable bonds is 7. The van der Waals surface area contributed by atoms with Gasteiger partial charge < -0.3 is 14.9 Å². The number of carbonyl (C=O) groups is 5. The molecule has 1 heterocycles. The fourth-order valence-electron chi connectivity index (χ4n) is 8.93. The fraction of sp³-hybridized carbons (Fsp3) is 0.710. The lowest BCUT2D eigenvalue weighted by molar-refractivity contribution is -0.224. The number of Topliss-reactive ketones (excluding diaryl/α,β-unsaturated/α-hetero) is 1. The number of hydrogen-bond acceptors (Lipinski definition) is 8. The fourth-order valence-corrected chi connectivity index (χ4v) is 8.93. The van der Waals surface area contributed by atoms with Gasteiger partial charge in [0.25, 0.3) is 0 Å². The number of nitrogens with zero attached hydrogens (tertiary/aromatic N) is 1. The van der Waals surface area contributed by atoms with Gasteiger partial charge >= 0.3 is 5.97 Å². The van der Waals surface area contributed by atoms with Crippen molar-refractivity contribution < 1.29 is 47.7 Å². The Bertz CT molecular complexity index is 1300. The second-order valence-corrected chi connectivity index (χ2v) is 13.4. The van der Waals surface area contributed by atoms with Crippen molar-refractivity contribution >= 4 is 29.4 Å². The molecule has 5 rings (SSSR count). The van der Waals surface area contributed by atoms with Crippen LogP contribution in [-0.4, -0.2) is 81.2 Å². The molecule has 2 amide bonds. The molecular formula is C31H39F2NO8. The number of likely N-dealkylation sites (tertiary alicyclic amines) is 1. The SMILES string of the molecule is CC1CC(=O)N(CCCC(=O)OCC(=O)[C@@]2(O)[C@H](C)C[C@H]3[C@@H]4C[C@H](F)C5=CC(=O)C=C[C@]5(C)[C@@]4(F)[C@@H](O)C[C@@]32C)C1=O. The molecular weight excluding hydrogens is 552 g/mol. The van der Waals surface area contributed by atoms with Gasteiger partial charge in [-0.05, 0) is 62.2 Å². The van der Waals surface area contributed by atoms with Gasteiger partial charge in [0.2, 0.25) is 17.6 Å². The zero-order chi connectivity index (χ0) is 31.0. The van der Waals surface area contributed by atoms with Crippen molar-refractivity contribution in [1.29, 1.82) is 0 Å². The summed E-state index contributed by atoms with van der Waals surface area (Å²) in [6.07, 6.45) is 0.0547. The maximum atomic E-state index is 17.3. The molecule has 0 bridgehead atoms. The summed E-state index contributed by atoms with van der Waals surface area (Å²) in [5, 5.41) is 23.4. The standard InChI is InChI=1S/C31H39F2NO8/c1-16-10-25(38)34(27(16)40)9-5-6-26(39)42-15-24(37)31(41)17(2)11-19-20-13-22(32)21-12-18(35)7-8-28(21,3)30(20,33)23(36)14-29(19,31)4/h7-8,12,16-17,19-20,22-23,36,41H,5-6,9-11,13-15H2,1-4H3/t16?,17-,19+,20+,22+,23+,28+,29+,30+,31+/m1/s1. The lowest BCUT2D eigenvalue weighted by atomic mass is 9.44. The number of halogens is 2. The second-order valence-electron chi connectivity index (χ2n) is 13.4. The topological polar surface area (TPSA) is 138 Å². The van der Waals surface area contributed by atoms with Crippen molar-refractivity contribution in [3.8, 4) is 0 Å². The number of amides is 2. The number of imide groups is 1. The summed E-state index contributed by atoms with van der Waals surface area (Å²) in [6, 6.07) is 0. The van der Waals surface area contributed by atoms with Crippen molar-refractivity contribution in [1.82, 2.24) is 4.90 Å². The quantitative estimate of drug-likeness (QED) is 0.340. The number of carbonyl (C=O) groups excluding carboxylic acids is 5. The summed E-state index contributed by atoms with van der Waals surface area (Å²) >= 11 is 0.